The van der Waals surface area contributed by atoms with Crippen LogP contribution in [0.25, 0.3) is 10.9 Å². The van der Waals surface area contributed by atoms with Gasteiger partial charge in [-0.2, -0.15) is 0 Å². The SMILES string of the molecule is Cc1ccc(C(=O)N=Nc2c(O)n(CN3CCCCC3)c3ccc(Br)cc23)cc1. The summed E-state index contributed by atoms with van der Waals surface area (Å²) in [4.78, 5) is 14.7. The third-order valence-electron chi connectivity index (χ3n) is 5.30. The number of azo groups is 1. The minimum Gasteiger partial charge on any atom is -0.493 e. The molecule has 1 aliphatic rings. The lowest BCUT2D eigenvalue weighted by Crippen LogP contribution is -2.31. The fraction of sp³-hybridized carbons (Fsp3) is 0.318. The quantitative estimate of drug-likeness (QED) is 0.507. The molecule has 6 nitrogen and oxygen atoms in total. The zero-order valence-electron chi connectivity index (χ0n) is 16.3. The van der Waals surface area contributed by atoms with Gasteiger partial charge in [-0.3, -0.25) is 14.3 Å². The predicted molar refractivity (Wildman–Crippen MR) is 117 cm³/mol. The number of aromatic hydroxyl groups is 1. The molecule has 3 aromatic rings. The van der Waals surface area contributed by atoms with Gasteiger partial charge >= 0.3 is 0 Å². The van der Waals surface area contributed by atoms with Crippen LogP contribution in [0.2, 0.25) is 0 Å². The minimum absolute atomic E-state index is 0.0316. The number of carbonyl (C=O) groups is 1. The van der Waals surface area contributed by atoms with Gasteiger partial charge in [-0.15, -0.1) is 10.2 Å². The Labute approximate surface area is 178 Å². The Morgan fingerprint density at radius 2 is 1.83 bits per heavy atom. The molecule has 1 aromatic heterocycles. The van der Waals surface area contributed by atoms with Gasteiger partial charge in [-0.1, -0.05) is 40.0 Å². The molecule has 1 fully saturated rings. The number of amides is 1. The number of fused-ring (bicyclic) bond motifs is 1. The minimum atomic E-state index is -0.434. The monoisotopic (exact) mass is 454 g/mol. The van der Waals surface area contributed by atoms with Crippen molar-refractivity contribution in [1.29, 1.82) is 0 Å². The van der Waals surface area contributed by atoms with E-state index in [2.05, 4.69) is 31.1 Å². The molecule has 0 saturated carbocycles. The van der Waals surface area contributed by atoms with E-state index in [0.29, 0.717) is 17.9 Å². The van der Waals surface area contributed by atoms with Crippen molar-refractivity contribution in [1.82, 2.24) is 9.47 Å². The van der Waals surface area contributed by atoms with Gasteiger partial charge in [0.1, 0.15) is 0 Å². The van der Waals surface area contributed by atoms with E-state index in [1.165, 1.54) is 19.3 Å². The topological polar surface area (TPSA) is 70.2 Å². The summed E-state index contributed by atoms with van der Waals surface area (Å²) in [6.45, 7) is 4.57. The number of hydrogen-bond acceptors (Lipinski definition) is 4. The maximum absolute atomic E-state index is 12.4. The number of hydrogen-bond donors (Lipinski definition) is 1. The lowest BCUT2D eigenvalue weighted by Gasteiger charge is -2.27. The molecule has 0 bridgehead atoms. The fourth-order valence-corrected chi connectivity index (χ4v) is 4.05. The Morgan fingerprint density at radius 3 is 2.55 bits per heavy atom. The maximum atomic E-state index is 12.4. The van der Waals surface area contributed by atoms with Gasteiger partial charge in [-0.05, 0) is 63.2 Å². The number of carbonyl (C=O) groups excluding carboxylic acids is 1. The van der Waals surface area contributed by atoms with Crippen LogP contribution in [0, 0.1) is 6.92 Å². The zero-order chi connectivity index (χ0) is 20.4. The first-order chi connectivity index (χ1) is 14.0. The number of piperidine rings is 1. The van der Waals surface area contributed by atoms with E-state index in [-0.39, 0.29) is 5.88 Å². The molecule has 1 aliphatic heterocycles. The molecule has 1 amide bonds. The predicted octanol–water partition coefficient (Wildman–Crippen LogP) is 5.79. The summed E-state index contributed by atoms with van der Waals surface area (Å²) in [6.07, 6.45) is 3.59. The van der Waals surface area contributed by atoms with Crippen LogP contribution in [0.5, 0.6) is 5.88 Å². The molecular formula is C22H23BrN4O2. The van der Waals surface area contributed by atoms with Gasteiger partial charge < -0.3 is 5.11 Å². The summed E-state index contributed by atoms with van der Waals surface area (Å²) in [6, 6.07) is 13.0. The summed E-state index contributed by atoms with van der Waals surface area (Å²) in [5.41, 5.74) is 2.73. The Bertz CT molecular complexity index is 1070. The molecule has 1 N–H and O–H groups in total. The van der Waals surface area contributed by atoms with Crippen molar-refractivity contribution < 1.29 is 9.90 Å². The van der Waals surface area contributed by atoms with E-state index in [1.807, 2.05) is 41.8 Å². The number of benzene rings is 2. The molecule has 4 rings (SSSR count). The molecule has 0 radical (unpaired) electrons. The van der Waals surface area contributed by atoms with Gasteiger partial charge in [0.05, 0.1) is 12.2 Å². The third-order valence-corrected chi connectivity index (χ3v) is 5.79. The van der Waals surface area contributed by atoms with Crippen molar-refractivity contribution in [2.24, 2.45) is 10.2 Å². The molecule has 29 heavy (non-hydrogen) atoms. The van der Waals surface area contributed by atoms with Crippen LogP contribution in [0.4, 0.5) is 5.69 Å². The van der Waals surface area contributed by atoms with E-state index >= 15 is 0 Å². The summed E-state index contributed by atoms with van der Waals surface area (Å²) in [5.74, 6) is -0.402. The first-order valence-corrected chi connectivity index (χ1v) is 10.6. The largest absolute Gasteiger partial charge is 0.493 e. The van der Waals surface area contributed by atoms with E-state index in [9.17, 15) is 9.90 Å². The Hall–Kier alpha value is -2.51. The first kappa shape index (κ1) is 19.8. The van der Waals surface area contributed by atoms with Crippen LogP contribution >= 0.6 is 15.9 Å². The lowest BCUT2D eigenvalue weighted by atomic mass is 10.1. The van der Waals surface area contributed by atoms with Crippen molar-refractivity contribution in [3.63, 3.8) is 0 Å². The van der Waals surface area contributed by atoms with Crippen LogP contribution in [-0.2, 0) is 6.67 Å². The molecule has 2 heterocycles. The van der Waals surface area contributed by atoms with Crippen LogP contribution in [0.1, 0.15) is 35.2 Å². The average molecular weight is 455 g/mol. The third kappa shape index (κ3) is 4.26. The normalized spacial score (nSPS) is 15.4. The van der Waals surface area contributed by atoms with E-state index in [1.54, 1.807) is 12.1 Å². The van der Waals surface area contributed by atoms with Crippen molar-refractivity contribution in [3.8, 4) is 5.88 Å². The lowest BCUT2D eigenvalue weighted by molar-refractivity contribution is 0.0995. The van der Waals surface area contributed by atoms with Gasteiger partial charge in [0, 0.05) is 15.4 Å². The first-order valence-electron chi connectivity index (χ1n) is 9.79. The van der Waals surface area contributed by atoms with Gasteiger partial charge in [0.25, 0.3) is 5.91 Å². The zero-order valence-corrected chi connectivity index (χ0v) is 17.9. The van der Waals surface area contributed by atoms with Crippen molar-refractivity contribution in [3.05, 3.63) is 58.1 Å². The van der Waals surface area contributed by atoms with Gasteiger partial charge in [-0.25, -0.2) is 0 Å². The highest BCUT2D eigenvalue weighted by atomic mass is 79.9. The summed E-state index contributed by atoms with van der Waals surface area (Å²) in [7, 11) is 0. The number of halogens is 1. The fourth-order valence-electron chi connectivity index (χ4n) is 3.69. The van der Waals surface area contributed by atoms with E-state index < -0.39 is 5.91 Å². The summed E-state index contributed by atoms with van der Waals surface area (Å²) in [5, 5.41) is 19.7. The smallest absolute Gasteiger partial charge is 0.295 e. The van der Waals surface area contributed by atoms with Crippen LogP contribution in [0.3, 0.4) is 0 Å². The van der Waals surface area contributed by atoms with Gasteiger partial charge in [0.15, 0.2) is 5.69 Å². The van der Waals surface area contributed by atoms with Crippen molar-refractivity contribution in [2.75, 3.05) is 13.1 Å². The summed E-state index contributed by atoms with van der Waals surface area (Å²) < 4.78 is 2.72. The molecule has 0 aliphatic carbocycles. The molecule has 7 heteroatoms. The van der Waals surface area contributed by atoms with E-state index in [4.69, 9.17) is 0 Å². The Kier molecular flexibility index (Phi) is 5.78. The van der Waals surface area contributed by atoms with Crippen LogP contribution in [-0.4, -0.2) is 33.6 Å². The highest BCUT2D eigenvalue weighted by Gasteiger charge is 2.20. The highest BCUT2D eigenvalue weighted by Crippen LogP contribution is 2.40. The second-order valence-corrected chi connectivity index (χ2v) is 8.37. The van der Waals surface area contributed by atoms with Crippen molar-refractivity contribution >= 4 is 38.4 Å². The maximum Gasteiger partial charge on any atom is 0.295 e. The van der Waals surface area contributed by atoms with E-state index in [0.717, 1.165) is 34.0 Å². The van der Waals surface area contributed by atoms with Crippen LogP contribution in [0.15, 0.2) is 57.2 Å². The Morgan fingerprint density at radius 1 is 1.10 bits per heavy atom. The molecule has 0 spiro atoms. The summed E-state index contributed by atoms with van der Waals surface area (Å²) >= 11 is 3.48. The average Bonchev–Trinajstić information content (AvgIpc) is 2.98. The van der Waals surface area contributed by atoms with Crippen molar-refractivity contribution in [2.45, 2.75) is 32.9 Å². The molecular weight excluding hydrogens is 432 g/mol. The number of rotatable bonds is 4. The molecule has 1 saturated heterocycles. The number of likely N-dealkylation sites (tertiary alicyclic amines) is 1. The number of aromatic nitrogens is 1. The van der Waals surface area contributed by atoms with Gasteiger partial charge in [0.2, 0.25) is 5.88 Å². The Balaban J connectivity index is 1.69. The number of nitrogens with zero attached hydrogens (tertiary/aromatic N) is 4. The molecule has 0 unspecified atom stereocenters. The second-order valence-electron chi connectivity index (χ2n) is 7.45. The molecule has 2 aromatic carbocycles. The highest BCUT2D eigenvalue weighted by molar-refractivity contribution is 9.10. The molecule has 0 atom stereocenters. The van der Waals surface area contributed by atoms with Crippen LogP contribution < -0.4 is 0 Å². The standard InChI is InChI=1S/C22H23BrN4O2/c1-15-5-7-16(8-6-15)21(28)25-24-20-18-13-17(23)9-10-19(18)27(22(20)29)14-26-11-3-2-4-12-26/h5-10,13,29H,2-4,11-12,14H2,1H3. The molecule has 150 valence electrons. The second kappa shape index (κ2) is 8.47. The number of aryl methyl sites for hydroxylation is 1.